The third-order valence-corrected chi connectivity index (χ3v) is 0.483. The Bertz CT molecular complexity index is 28.0. The lowest BCUT2D eigenvalue weighted by molar-refractivity contribution is 0.110. The molecule has 2 N–H and O–H groups in total. The summed E-state index contributed by atoms with van der Waals surface area (Å²) in [6.07, 6.45) is -0.596. The van der Waals surface area contributed by atoms with Crippen molar-refractivity contribution in [1.82, 2.24) is 0 Å². The summed E-state index contributed by atoms with van der Waals surface area (Å²) in [6.45, 7) is -0.240. The second kappa shape index (κ2) is 3.19. The molecule has 0 spiro atoms. The lowest BCUT2D eigenvalue weighted by atomic mass is 10.0. The first-order chi connectivity index (χ1) is 2.81. The van der Waals surface area contributed by atoms with Crippen LogP contribution in [0.3, 0.4) is 0 Å². The van der Waals surface area contributed by atoms with Crippen LogP contribution in [0.1, 0.15) is 0 Å². The molecule has 0 heterocycles. The molecule has 0 rings (SSSR count). The van der Waals surface area contributed by atoms with Crippen LogP contribution in [0, 0.1) is 0 Å². The molecule has 1 unspecified atom stereocenters. The molecule has 6 heavy (non-hydrogen) atoms. The van der Waals surface area contributed by atoms with Gasteiger partial charge >= 0.3 is 0 Å². The number of aliphatic hydroxyl groups excluding tert-OH is 2. The van der Waals surface area contributed by atoms with E-state index in [1.165, 1.54) is 0 Å². The first-order valence-electron chi connectivity index (χ1n) is 1.80. The van der Waals surface area contributed by atoms with E-state index in [2.05, 4.69) is 0 Å². The Kier molecular flexibility index (Phi) is 3.18. The second-order valence-corrected chi connectivity index (χ2v) is 1.07. The molecule has 0 saturated carbocycles. The molecule has 2 nitrogen and oxygen atoms in total. The molecule has 1 atom stereocenters. The lowest BCUT2D eigenvalue weighted by Crippen LogP contribution is -2.09. The highest BCUT2D eigenvalue weighted by atomic mass is 16.3. The van der Waals surface area contributed by atoms with Gasteiger partial charge in [0.2, 0.25) is 0 Å². The van der Waals surface area contributed by atoms with Gasteiger partial charge in [0.25, 0.3) is 0 Å². The van der Waals surface area contributed by atoms with Crippen molar-refractivity contribution in [3.05, 3.63) is 0 Å². The summed E-state index contributed by atoms with van der Waals surface area (Å²) in [5, 5.41) is 16.3. The van der Waals surface area contributed by atoms with E-state index < -0.39 is 6.10 Å². The van der Waals surface area contributed by atoms with Gasteiger partial charge in [-0.1, -0.05) is 6.32 Å². The van der Waals surface area contributed by atoms with Crippen molar-refractivity contribution in [1.29, 1.82) is 0 Å². The van der Waals surface area contributed by atoms with Gasteiger partial charge in [-0.3, -0.25) is 0 Å². The van der Waals surface area contributed by atoms with Gasteiger partial charge in [-0.25, -0.2) is 0 Å². The quantitative estimate of drug-likeness (QED) is 0.420. The van der Waals surface area contributed by atoms with Gasteiger partial charge in [0.1, 0.15) is 0 Å². The van der Waals surface area contributed by atoms with Crippen LogP contribution in [0.5, 0.6) is 0 Å². The lowest BCUT2D eigenvalue weighted by Gasteiger charge is -1.97. The van der Waals surface area contributed by atoms with Crippen LogP contribution >= 0.6 is 0 Å². The van der Waals surface area contributed by atoms with Crippen LogP contribution in [0.4, 0.5) is 0 Å². The SMILES string of the molecule is [B]CC(O)CO. The van der Waals surface area contributed by atoms with Crippen molar-refractivity contribution in [2.45, 2.75) is 12.4 Å². The van der Waals surface area contributed by atoms with Crippen LogP contribution in [0.2, 0.25) is 6.32 Å². The average molecular weight is 85.9 g/mol. The van der Waals surface area contributed by atoms with E-state index in [1.807, 2.05) is 0 Å². The van der Waals surface area contributed by atoms with E-state index in [0.717, 1.165) is 0 Å². The fraction of sp³-hybridized carbons (Fsp3) is 1.00. The highest BCUT2D eigenvalue weighted by Gasteiger charge is 1.91. The second-order valence-electron chi connectivity index (χ2n) is 1.07. The first-order valence-corrected chi connectivity index (χ1v) is 1.80. The van der Waals surface area contributed by atoms with Gasteiger partial charge in [0, 0.05) is 0 Å². The Morgan fingerprint density at radius 2 is 2.17 bits per heavy atom. The number of rotatable bonds is 2. The van der Waals surface area contributed by atoms with E-state index in [9.17, 15) is 0 Å². The molecule has 0 aliphatic carbocycles. The van der Waals surface area contributed by atoms with E-state index in [-0.39, 0.29) is 12.9 Å². The standard InChI is InChI=1S/C3H7BO2/c4-1-3(6)2-5/h3,5-6H,1-2H2. The number of aliphatic hydroxyl groups is 2. The molecule has 0 amide bonds. The molecule has 0 aliphatic rings. The Hall–Kier alpha value is -0.0151. The van der Waals surface area contributed by atoms with Gasteiger partial charge < -0.3 is 10.2 Å². The van der Waals surface area contributed by atoms with Crippen LogP contribution in [0.25, 0.3) is 0 Å². The van der Waals surface area contributed by atoms with Gasteiger partial charge in [0.05, 0.1) is 20.6 Å². The summed E-state index contributed by atoms with van der Waals surface area (Å²) < 4.78 is 0. The molecule has 0 aromatic heterocycles. The Labute approximate surface area is 38.2 Å². The van der Waals surface area contributed by atoms with Crippen molar-refractivity contribution in [2.24, 2.45) is 0 Å². The first kappa shape index (κ1) is 5.98. The van der Waals surface area contributed by atoms with Gasteiger partial charge in [-0.05, 0) is 0 Å². The number of hydrogen-bond donors (Lipinski definition) is 2. The fourth-order valence-electron chi connectivity index (χ4n) is 0.0745. The molecule has 3 heteroatoms. The van der Waals surface area contributed by atoms with Crippen molar-refractivity contribution in [2.75, 3.05) is 6.61 Å². The summed E-state index contributed by atoms with van der Waals surface area (Å²) in [4.78, 5) is 0. The predicted octanol–water partition coefficient (Wildman–Crippen LogP) is -1.07. The van der Waals surface area contributed by atoms with Crippen molar-refractivity contribution >= 4 is 7.85 Å². The largest absolute Gasteiger partial charge is 0.394 e. The zero-order chi connectivity index (χ0) is 4.99. The molecular formula is C3H7BO2. The maximum Gasteiger partial charge on any atom is 0.0694 e. The molecule has 0 aromatic rings. The minimum atomic E-state index is -0.731. The zero-order valence-corrected chi connectivity index (χ0v) is 3.46. The maximum absolute atomic E-state index is 8.29. The van der Waals surface area contributed by atoms with E-state index in [1.54, 1.807) is 0 Å². The molecular weight excluding hydrogens is 78.8 g/mol. The highest BCUT2D eigenvalue weighted by Crippen LogP contribution is 1.81. The Morgan fingerprint density at radius 3 is 2.17 bits per heavy atom. The summed E-state index contributed by atoms with van der Waals surface area (Å²) >= 11 is 0. The van der Waals surface area contributed by atoms with Crippen molar-refractivity contribution in [3.8, 4) is 0 Å². The van der Waals surface area contributed by atoms with Crippen LogP contribution < -0.4 is 0 Å². The molecule has 0 aliphatic heterocycles. The average Bonchev–Trinajstić information content (AvgIpc) is 1.65. The smallest absolute Gasteiger partial charge is 0.0694 e. The van der Waals surface area contributed by atoms with Gasteiger partial charge in [-0.2, -0.15) is 0 Å². The van der Waals surface area contributed by atoms with E-state index >= 15 is 0 Å². The molecule has 0 aromatic carbocycles. The molecule has 0 saturated heterocycles. The summed E-state index contributed by atoms with van der Waals surface area (Å²) in [5.74, 6) is 0. The van der Waals surface area contributed by atoms with E-state index in [4.69, 9.17) is 18.1 Å². The maximum atomic E-state index is 8.29. The third-order valence-electron chi connectivity index (χ3n) is 0.483. The van der Waals surface area contributed by atoms with Crippen LogP contribution in [0.15, 0.2) is 0 Å². The minimum Gasteiger partial charge on any atom is -0.394 e. The minimum absolute atomic E-state index is 0.135. The predicted molar refractivity (Wildman–Crippen MR) is 23.7 cm³/mol. The topological polar surface area (TPSA) is 40.5 Å². The summed E-state index contributed by atoms with van der Waals surface area (Å²) in [5.41, 5.74) is 0. The molecule has 0 bridgehead atoms. The van der Waals surface area contributed by atoms with Crippen LogP contribution in [-0.4, -0.2) is 30.8 Å². The normalized spacial score (nSPS) is 14.3. The fourth-order valence-corrected chi connectivity index (χ4v) is 0.0745. The van der Waals surface area contributed by atoms with Crippen molar-refractivity contribution in [3.63, 3.8) is 0 Å². The monoisotopic (exact) mass is 86.1 g/mol. The van der Waals surface area contributed by atoms with Gasteiger partial charge in [0.15, 0.2) is 0 Å². The highest BCUT2D eigenvalue weighted by molar-refractivity contribution is 6.08. The molecule has 0 fully saturated rings. The van der Waals surface area contributed by atoms with Crippen LogP contribution in [-0.2, 0) is 0 Å². The molecule has 2 radical (unpaired) electrons. The third kappa shape index (κ3) is 2.24. The van der Waals surface area contributed by atoms with E-state index in [0.29, 0.717) is 0 Å². The summed E-state index contributed by atoms with van der Waals surface area (Å²) in [6, 6.07) is 0. The summed E-state index contributed by atoms with van der Waals surface area (Å²) in [7, 11) is 4.87. The molecule has 34 valence electrons. The van der Waals surface area contributed by atoms with Crippen molar-refractivity contribution < 1.29 is 10.2 Å². The zero-order valence-electron chi connectivity index (χ0n) is 3.46. The Morgan fingerprint density at radius 1 is 1.67 bits per heavy atom. The Balaban J connectivity index is 2.75. The van der Waals surface area contributed by atoms with Gasteiger partial charge in [-0.15, -0.1) is 0 Å². The number of hydrogen-bond acceptors (Lipinski definition) is 2.